The van der Waals surface area contributed by atoms with Crippen LogP contribution in [0.2, 0.25) is 0 Å². The van der Waals surface area contributed by atoms with Gasteiger partial charge in [0.05, 0.1) is 18.5 Å². The second-order valence-electron chi connectivity index (χ2n) is 7.26. The van der Waals surface area contributed by atoms with Gasteiger partial charge >= 0.3 is 0 Å². The topological polar surface area (TPSA) is 27.1 Å². The average Bonchev–Trinajstić information content (AvgIpc) is 3.26. The van der Waals surface area contributed by atoms with E-state index in [2.05, 4.69) is 77.4 Å². The summed E-state index contributed by atoms with van der Waals surface area (Å²) in [5.41, 5.74) is 6.33. The van der Waals surface area contributed by atoms with Gasteiger partial charge in [-0.05, 0) is 24.3 Å². The zero-order valence-corrected chi connectivity index (χ0v) is 17.3. The molecule has 0 unspecified atom stereocenters. The Balaban J connectivity index is 1.86. The van der Waals surface area contributed by atoms with Crippen molar-refractivity contribution in [1.82, 2.24) is 9.55 Å². The quantitative estimate of drug-likeness (QED) is 0.320. The fraction of sp³-hybridized carbons (Fsp3) is 0.0357. The molecule has 0 N–H and O–H groups in total. The van der Waals surface area contributed by atoms with Crippen LogP contribution in [0.25, 0.3) is 39.6 Å². The summed E-state index contributed by atoms with van der Waals surface area (Å²) >= 11 is 0. The Morgan fingerprint density at radius 2 is 1.10 bits per heavy atom. The highest BCUT2D eigenvalue weighted by molar-refractivity contribution is 5.84. The minimum absolute atomic E-state index is 0.828. The summed E-state index contributed by atoms with van der Waals surface area (Å²) in [6, 6.07) is 39.3. The van der Waals surface area contributed by atoms with Gasteiger partial charge in [-0.3, -0.25) is 4.57 Å². The van der Waals surface area contributed by atoms with Crippen molar-refractivity contribution in [3.63, 3.8) is 0 Å². The Hall–Kier alpha value is -4.11. The molecule has 0 fully saturated rings. The van der Waals surface area contributed by atoms with Gasteiger partial charge < -0.3 is 4.74 Å². The van der Waals surface area contributed by atoms with E-state index >= 15 is 0 Å². The van der Waals surface area contributed by atoms with E-state index in [-0.39, 0.29) is 0 Å². The lowest BCUT2D eigenvalue weighted by atomic mass is 10.0. The highest BCUT2D eigenvalue weighted by Crippen LogP contribution is 2.38. The number of hydrogen-bond donors (Lipinski definition) is 0. The van der Waals surface area contributed by atoms with Crippen molar-refractivity contribution < 1.29 is 4.74 Å². The summed E-state index contributed by atoms with van der Waals surface area (Å²) in [6.45, 7) is 0. The first-order valence-electron chi connectivity index (χ1n) is 10.3. The molecular weight excluding hydrogens is 380 g/mol. The number of ether oxygens (including phenoxy) is 1. The van der Waals surface area contributed by atoms with E-state index in [1.54, 1.807) is 7.11 Å². The highest BCUT2D eigenvalue weighted by Gasteiger charge is 2.22. The van der Waals surface area contributed by atoms with Crippen LogP contribution in [-0.4, -0.2) is 16.7 Å². The van der Waals surface area contributed by atoms with Gasteiger partial charge in [-0.2, -0.15) is 0 Å². The normalized spacial score (nSPS) is 10.7. The maximum atomic E-state index is 5.38. The maximum absolute atomic E-state index is 5.38. The first-order chi connectivity index (χ1) is 15.3. The van der Waals surface area contributed by atoms with E-state index in [9.17, 15) is 0 Å². The molecule has 0 bridgehead atoms. The second-order valence-corrected chi connectivity index (χ2v) is 7.26. The maximum Gasteiger partial charge on any atom is 0.145 e. The van der Waals surface area contributed by atoms with Crippen LogP contribution in [-0.2, 0) is 0 Å². The standard InChI is InChI=1S/C28H22N2O/c1-31-25-19-17-24(18-20-25)30-27(22-13-7-3-8-14-22)26(21-11-5-2-6-12-21)29-28(30)23-15-9-4-10-16-23/h2-20H,1H3. The minimum atomic E-state index is 0.828. The van der Waals surface area contributed by atoms with Crippen LogP contribution < -0.4 is 4.74 Å². The molecule has 0 amide bonds. The van der Waals surface area contributed by atoms with Gasteiger partial charge in [-0.1, -0.05) is 91.0 Å². The van der Waals surface area contributed by atoms with Crippen molar-refractivity contribution in [2.45, 2.75) is 0 Å². The molecule has 0 saturated carbocycles. The molecule has 0 atom stereocenters. The third-order valence-corrected chi connectivity index (χ3v) is 5.33. The highest BCUT2D eigenvalue weighted by atomic mass is 16.5. The molecule has 5 aromatic rings. The molecule has 5 rings (SSSR count). The summed E-state index contributed by atoms with van der Waals surface area (Å²) in [5.74, 6) is 1.73. The van der Waals surface area contributed by atoms with Crippen LogP contribution in [0, 0.1) is 0 Å². The van der Waals surface area contributed by atoms with Gasteiger partial charge in [-0.15, -0.1) is 0 Å². The van der Waals surface area contributed by atoms with Crippen molar-refractivity contribution in [3.8, 4) is 45.3 Å². The van der Waals surface area contributed by atoms with Crippen molar-refractivity contribution >= 4 is 0 Å². The average molecular weight is 402 g/mol. The monoisotopic (exact) mass is 402 g/mol. The number of nitrogens with zero attached hydrogens (tertiary/aromatic N) is 2. The SMILES string of the molecule is COc1ccc(-n2c(-c3ccccc3)nc(-c3ccccc3)c2-c2ccccc2)cc1. The first-order valence-corrected chi connectivity index (χ1v) is 10.3. The van der Waals surface area contributed by atoms with Crippen LogP contribution in [0.5, 0.6) is 5.75 Å². The Morgan fingerprint density at radius 3 is 1.65 bits per heavy atom. The Kier molecular flexibility index (Phi) is 5.07. The van der Waals surface area contributed by atoms with Crippen LogP contribution in [0.4, 0.5) is 0 Å². The summed E-state index contributed by atoms with van der Waals surface area (Å²) < 4.78 is 7.63. The van der Waals surface area contributed by atoms with Crippen LogP contribution in [0.3, 0.4) is 0 Å². The van der Waals surface area contributed by atoms with Gasteiger partial charge in [-0.25, -0.2) is 4.98 Å². The fourth-order valence-electron chi connectivity index (χ4n) is 3.84. The number of aromatic nitrogens is 2. The molecule has 0 aliphatic heterocycles. The molecule has 0 spiro atoms. The molecule has 1 heterocycles. The number of benzene rings is 4. The predicted octanol–water partition coefficient (Wildman–Crippen LogP) is 6.88. The summed E-state index contributed by atoms with van der Waals surface area (Å²) in [6.07, 6.45) is 0. The number of imidazole rings is 1. The third-order valence-electron chi connectivity index (χ3n) is 5.33. The van der Waals surface area contributed by atoms with E-state index in [4.69, 9.17) is 9.72 Å². The van der Waals surface area contributed by atoms with Gasteiger partial charge in [0, 0.05) is 22.4 Å². The number of rotatable bonds is 5. The molecule has 0 radical (unpaired) electrons. The van der Waals surface area contributed by atoms with Crippen molar-refractivity contribution in [2.24, 2.45) is 0 Å². The Morgan fingerprint density at radius 1 is 0.581 bits per heavy atom. The van der Waals surface area contributed by atoms with Crippen LogP contribution >= 0.6 is 0 Å². The lowest BCUT2D eigenvalue weighted by Gasteiger charge is -2.14. The lowest BCUT2D eigenvalue weighted by molar-refractivity contribution is 0.415. The van der Waals surface area contributed by atoms with Gasteiger partial charge in [0.1, 0.15) is 11.6 Å². The predicted molar refractivity (Wildman–Crippen MR) is 126 cm³/mol. The molecule has 0 aliphatic carbocycles. The molecule has 0 aliphatic rings. The van der Waals surface area contributed by atoms with E-state index in [0.29, 0.717) is 0 Å². The zero-order chi connectivity index (χ0) is 21.0. The van der Waals surface area contributed by atoms with E-state index < -0.39 is 0 Å². The van der Waals surface area contributed by atoms with Crippen molar-refractivity contribution in [3.05, 3.63) is 115 Å². The first kappa shape index (κ1) is 18.9. The lowest BCUT2D eigenvalue weighted by Crippen LogP contribution is -2.00. The van der Waals surface area contributed by atoms with E-state index in [1.165, 1.54) is 0 Å². The third kappa shape index (κ3) is 3.62. The minimum Gasteiger partial charge on any atom is -0.497 e. The largest absolute Gasteiger partial charge is 0.497 e. The van der Waals surface area contributed by atoms with Crippen LogP contribution in [0.1, 0.15) is 0 Å². The number of methoxy groups -OCH3 is 1. The molecule has 0 saturated heterocycles. The van der Waals surface area contributed by atoms with Gasteiger partial charge in [0.15, 0.2) is 0 Å². The number of hydrogen-bond acceptors (Lipinski definition) is 2. The fourth-order valence-corrected chi connectivity index (χ4v) is 3.84. The molecule has 3 nitrogen and oxygen atoms in total. The van der Waals surface area contributed by atoms with E-state index in [0.717, 1.165) is 45.3 Å². The van der Waals surface area contributed by atoms with E-state index in [1.807, 2.05) is 42.5 Å². The molecule has 31 heavy (non-hydrogen) atoms. The summed E-state index contributed by atoms with van der Waals surface area (Å²) in [4.78, 5) is 5.18. The zero-order valence-electron chi connectivity index (χ0n) is 17.3. The molecule has 1 aromatic heterocycles. The summed E-state index contributed by atoms with van der Waals surface area (Å²) in [5, 5.41) is 0. The molecule has 4 aromatic carbocycles. The van der Waals surface area contributed by atoms with Gasteiger partial charge in [0.25, 0.3) is 0 Å². The Bertz CT molecular complexity index is 1280. The van der Waals surface area contributed by atoms with Crippen molar-refractivity contribution in [1.29, 1.82) is 0 Å². The van der Waals surface area contributed by atoms with Crippen molar-refractivity contribution in [2.75, 3.05) is 7.11 Å². The Labute approximate surface area is 182 Å². The molecule has 3 heteroatoms. The molecular formula is C28H22N2O. The van der Waals surface area contributed by atoms with Crippen LogP contribution in [0.15, 0.2) is 115 Å². The summed E-state index contributed by atoms with van der Waals surface area (Å²) in [7, 11) is 1.69. The molecule has 150 valence electrons. The second kappa shape index (κ2) is 8.33. The van der Waals surface area contributed by atoms with Gasteiger partial charge in [0.2, 0.25) is 0 Å². The smallest absolute Gasteiger partial charge is 0.145 e.